The van der Waals surface area contributed by atoms with Crippen molar-refractivity contribution < 1.29 is 27.1 Å². The lowest BCUT2D eigenvalue weighted by Gasteiger charge is -2.22. The van der Waals surface area contributed by atoms with Gasteiger partial charge in [-0.05, 0) is 86.3 Å². The molecule has 39 heavy (non-hydrogen) atoms. The van der Waals surface area contributed by atoms with E-state index in [-0.39, 0.29) is 11.0 Å². The largest absolute Gasteiger partial charge is 0.490 e. The van der Waals surface area contributed by atoms with Gasteiger partial charge >= 0.3 is 0 Å². The minimum atomic E-state index is -4.37. The molecule has 0 aliphatic rings. The van der Waals surface area contributed by atoms with Crippen molar-refractivity contribution in [3.63, 3.8) is 0 Å². The van der Waals surface area contributed by atoms with Gasteiger partial charge in [0, 0.05) is 17.3 Å². The molecule has 1 atom stereocenters. The van der Waals surface area contributed by atoms with Crippen molar-refractivity contribution in [2.75, 3.05) is 17.7 Å². The van der Waals surface area contributed by atoms with Crippen molar-refractivity contribution >= 4 is 38.2 Å². The smallest absolute Gasteiger partial charge is 0.264 e. The summed E-state index contributed by atoms with van der Waals surface area (Å²) in [7, 11) is -4.37. The molecule has 1 heterocycles. The normalized spacial score (nSPS) is 12.2. The van der Waals surface area contributed by atoms with Crippen LogP contribution in [0.4, 0.5) is 15.9 Å². The van der Waals surface area contributed by atoms with Crippen LogP contribution in [0.2, 0.25) is 0 Å². The van der Waals surface area contributed by atoms with Gasteiger partial charge in [0.1, 0.15) is 17.7 Å². The molecular weight excluding hydrogens is 523 g/mol. The van der Waals surface area contributed by atoms with Gasteiger partial charge in [-0.25, -0.2) is 22.5 Å². The monoisotopic (exact) mass is 552 g/mol. The molecule has 0 spiro atoms. The molecule has 4 rings (SSSR count). The van der Waals surface area contributed by atoms with E-state index in [1.54, 1.807) is 48.7 Å². The van der Waals surface area contributed by atoms with Gasteiger partial charge in [-0.15, -0.1) is 0 Å². The fourth-order valence-corrected chi connectivity index (χ4v) is 4.99. The summed E-state index contributed by atoms with van der Waals surface area (Å²) in [5.41, 5.74) is 6.90. The highest BCUT2D eigenvalue weighted by Crippen LogP contribution is 2.33. The molecule has 0 fully saturated rings. The molecule has 0 saturated carbocycles. The first-order valence-corrected chi connectivity index (χ1v) is 13.7. The molecule has 204 valence electrons. The lowest BCUT2D eigenvalue weighted by Crippen LogP contribution is -2.37. The Morgan fingerprint density at radius 1 is 1.05 bits per heavy atom. The Morgan fingerprint density at radius 2 is 1.85 bits per heavy atom. The summed E-state index contributed by atoms with van der Waals surface area (Å²) in [4.78, 5) is 17.2. The van der Waals surface area contributed by atoms with Crippen LogP contribution in [0.15, 0.2) is 77.8 Å². The SMILES string of the molecule is CCOc1cc(C(Nc2ccc3c(N)nccc3c2)C(=O)NS(=O)(=O)c2cccc(F)c2)ccc1OC(C)C. The number of pyridine rings is 1. The number of carbonyl (C=O) groups excluding carboxylic acids is 1. The first-order valence-electron chi connectivity index (χ1n) is 12.2. The number of nitrogen functional groups attached to an aromatic ring is 1. The molecule has 1 unspecified atom stereocenters. The zero-order valence-electron chi connectivity index (χ0n) is 21.6. The zero-order chi connectivity index (χ0) is 28.2. The summed E-state index contributed by atoms with van der Waals surface area (Å²) >= 11 is 0. The number of rotatable bonds is 10. The number of nitrogens with one attached hydrogen (secondary N) is 2. The molecule has 3 aromatic carbocycles. The third-order valence-electron chi connectivity index (χ3n) is 5.67. The Bertz CT molecular complexity index is 1610. The Morgan fingerprint density at radius 3 is 2.56 bits per heavy atom. The molecule has 11 heteroatoms. The number of ether oxygens (including phenoxy) is 2. The van der Waals surface area contributed by atoms with E-state index < -0.39 is 27.8 Å². The number of carbonyl (C=O) groups is 1. The van der Waals surface area contributed by atoms with Gasteiger partial charge < -0.3 is 20.5 Å². The quantitative estimate of drug-likeness (QED) is 0.256. The van der Waals surface area contributed by atoms with Gasteiger partial charge in [-0.3, -0.25) is 4.79 Å². The minimum Gasteiger partial charge on any atom is -0.490 e. The van der Waals surface area contributed by atoms with Crippen LogP contribution in [-0.4, -0.2) is 32.0 Å². The summed E-state index contributed by atoms with van der Waals surface area (Å²) in [5.74, 6) is -0.387. The third-order valence-corrected chi connectivity index (χ3v) is 7.02. The Kier molecular flexibility index (Phi) is 8.20. The maximum atomic E-state index is 13.7. The van der Waals surface area contributed by atoms with Gasteiger partial charge in [0.05, 0.1) is 17.6 Å². The molecule has 0 aliphatic carbocycles. The second-order valence-corrected chi connectivity index (χ2v) is 10.6. The maximum absolute atomic E-state index is 13.7. The number of halogens is 1. The van der Waals surface area contributed by atoms with Gasteiger partial charge in [0.2, 0.25) is 0 Å². The van der Waals surface area contributed by atoms with Crippen molar-refractivity contribution in [3.8, 4) is 11.5 Å². The molecular formula is C28H29FN4O5S. The average Bonchev–Trinajstić information content (AvgIpc) is 2.88. The van der Waals surface area contributed by atoms with E-state index in [4.69, 9.17) is 15.2 Å². The highest BCUT2D eigenvalue weighted by molar-refractivity contribution is 7.90. The molecule has 4 aromatic rings. The molecule has 0 bridgehead atoms. The van der Waals surface area contributed by atoms with Crippen LogP contribution in [-0.2, 0) is 14.8 Å². The number of aromatic nitrogens is 1. The van der Waals surface area contributed by atoms with Gasteiger partial charge in [-0.2, -0.15) is 0 Å². The van der Waals surface area contributed by atoms with E-state index in [2.05, 4.69) is 15.0 Å². The maximum Gasteiger partial charge on any atom is 0.264 e. The third kappa shape index (κ3) is 6.55. The predicted molar refractivity (Wildman–Crippen MR) is 148 cm³/mol. The molecule has 0 aliphatic heterocycles. The van der Waals surface area contributed by atoms with Crippen LogP contribution in [0.5, 0.6) is 11.5 Å². The summed E-state index contributed by atoms with van der Waals surface area (Å²) in [5, 5.41) is 4.61. The Balaban J connectivity index is 1.74. The highest BCUT2D eigenvalue weighted by Gasteiger charge is 2.28. The molecule has 1 amide bonds. The second-order valence-electron chi connectivity index (χ2n) is 8.94. The number of sulfonamides is 1. The highest BCUT2D eigenvalue weighted by atomic mass is 32.2. The Hall–Kier alpha value is -4.38. The van der Waals surface area contributed by atoms with Crippen LogP contribution in [0.25, 0.3) is 10.8 Å². The van der Waals surface area contributed by atoms with E-state index in [0.29, 0.717) is 35.2 Å². The van der Waals surface area contributed by atoms with E-state index in [0.717, 1.165) is 22.9 Å². The number of hydrogen-bond donors (Lipinski definition) is 3. The minimum absolute atomic E-state index is 0.122. The number of hydrogen-bond acceptors (Lipinski definition) is 8. The lowest BCUT2D eigenvalue weighted by atomic mass is 10.0. The first-order chi connectivity index (χ1) is 18.6. The predicted octanol–water partition coefficient (Wildman–Crippen LogP) is 4.80. The fourth-order valence-electron chi connectivity index (χ4n) is 3.97. The first kappa shape index (κ1) is 27.6. The van der Waals surface area contributed by atoms with Crippen LogP contribution in [0.3, 0.4) is 0 Å². The number of anilines is 2. The molecule has 0 radical (unpaired) electrons. The van der Waals surface area contributed by atoms with Crippen LogP contribution in [0.1, 0.15) is 32.4 Å². The topological polar surface area (TPSA) is 133 Å². The van der Waals surface area contributed by atoms with Gasteiger partial charge in [-0.1, -0.05) is 12.1 Å². The Labute approximate surface area is 226 Å². The summed E-state index contributed by atoms with van der Waals surface area (Å²) in [6, 6.07) is 15.2. The molecule has 0 saturated heterocycles. The number of benzene rings is 3. The van der Waals surface area contributed by atoms with E-state index >= 15 is 0 Å². The van der Waals surface area contributed by atoms with Crippen LogP contribution >= 0.6 is 0 Å². The molecule has 9 nitrogen and oxygen atoms in total. The van der Waals surface area contributed by atoms with Crippen molar-refractivity contribution in [1.82, 2.24) is 9.71 Å². The average molecular weight is 553 g/mol. The van der Waals surface area contributed by atoms with Crippen molar-refractivity contribution in [3.05, 3.63) is 84.3 Å². The lowest BCUT2D eigenvalue weighted by molar-refractivity contribution is -0.120. The van der Waals surface area contributed by atoms with E-state index in [1.807, 2.05) is 20.8 Å². The second kappa shape index (κ2) is 11.6. The number of nitrogens with zero attached hydrogens (tertiary/aromatic N) is 1. The van der Waals surface area contributed by atoms with Crippen molar-refractivity contribution in [2.45, 2.75) is 37.8 Å². The van der Waals surface area contributed by atoms with Gasteiger partial charge in [0.25, 0.3) is 15.9 Å². The van der Waals surface area contributed by atoms with E-state index in [1.165, 1.54) is 12.1 Å². The van der Waals surface area contributed by atoms with Gasteiger partial charge in [0.15, 0.2) is 11.5 Å². The molecule has 1 aromatic heterocycles. The zero-order valence-corrected chi connectivity index (χ0v) is 22.5. The fraction of sp³-hybridized carbons (Fsp3) is 0.214. The number of amides is 1. The van der Waals surface area contributed by atoms with Crippen molar-refractivity contribution in [2.24, 2.45) is 0 Å². The van der Waals surface area contributed by atoms with E-state index in [9.17, 15) is 17.6 Å². The number of fused-ring (bicyclic) bond motifs is 1. The van der Waals surface area contributed by atoms with Crippen molar-refractivity contribution in [1.29, 1.82) is 0 Å². The van der Waals surface area contributed by atoms with Crippen LogP contribution < -0.4 is 25.2 Å². The van der Waals surface area contributed by atoms with Crippen LogP contribution in [0, 0.1) is 5.82 Å². The standard InChI is InChI=1S/C28H29FN4O5S/c1-4-37-25-15-19(8-11-24(25)38-17(2)3)26(28(34)33-39(35,36)22-7-5-6-20(29)16-22)32-21-9-10-23-18(14-21)12-13-31-27(23)30/h5-17,26,32H,4H2,1-3H3,(H2,30,31)(H,33,34). The summed E-state index contributed by atoms with van der Waals surface area (Å²) in [6.45, 7) is 5.91. The summed E-state index contributed by atoms with van der Waals surface area (Å²) in [6.07, 6.45) is 1.45. The number of nitrogens with two attached hydrogens (primary N) is 1. The summed E-state index contributed by atoms with van der Waals surface area (Å²) < 4.78 is 53.3. The molecule has 4 N–H and O–H groups in total.